The maximum Gasteiger partial charge on any atom is 0.282 e. The number of rotatable bonds is 6. The van der Waals surface area contributed by atoms with E-state index in [1.54, 1.807) is 0 Å². The van der Waals surface area contributed by atoms with Gasteiger partial charge in [-0.15, -0.1) is 0 Å². The van der Waals surface area contributed by atoms with Crippen molar-refractivity contribution in [1.82, 2.24) is 8.61 Å². The van der Waals surface area contributed by atoms with Crippen molar-refractivity contribution in [2.75, 3.05) is 27.2 Å². The standard InChI is InChI=1S/C17H25N3O2S/c1-19(2)23(21,22)20(13-12-18)14-15-8-10-17(11-9-15)16-6-4-3-5-7-16/h3-7,15,17H,8-11,13-14H2,1-2H3. The zero-order valence-corrected chi connectivity index (χ0v) is 14.7. The average Bonchev–Trinajstić information content (AvgIpc) is 2.56. The van der Waals surface area contributed by atoms with Crippen molar-refractivity contribution >= 4 is 10.2 Å². The summed E-state index contributed by atoms with van der Waals surface area (Å²) in [6, 6.07) is 12.5. The zero-order chi connectivity index (χ0) is 16.9. The summed E-state index contributed by atoms with van der Waals surface area (Å²) < 4.78 is 27.0. The first-order valence-corrected chi connectivity index (χ1v) is 9.44. The zero-order valence-electron chi connectivity index (χ0n) is 13.9. The Labute approximate surface area is 139 Å². The van der Waals surface area contributed by atoms with E-state index in [1.807, 2.05) is 12.1 Å². The van der Waals surface area contributed by atoms with Gasteiger partial charge in [0.1, 0.15) is 6.54 Å². The number of hydrogen-bond donors (Lipinski definition) is 0. The van der Waals surface area contributed by atoms with Gasteiger partial charge in [0.25, 0.3) is 10.2 Å². The molecule has 1 fully saturated rings. The van der Waals surface area contributed by atoms with Gasteiger partial charge in [-0.2, -0.15) is 22.3 Å². The van der Waals surface area contributed by atoms with E-state index in [-0.39, 0.29) is 6.54 Å². The summed E-state index contributed by atoms with van der Waals surface area (Å²) in [6.45, 7) is 0.356. The van der Waals surface area contributed by atoms with Gasteiger partial charge in [-0.05, 0) is 43.1 Å². The Morgan fingerprint density at radius 1 is 1.13 bits per heavy atom. The van der Waals surface area contributed by atoms with Crippen molar-refractivity contribution in [1.29, 1.82) is 5.26 Å². The summed E-state index contributed by atoms with van der Waals surface area (Å²) in [5.41, 5.74) is 1.38. The maximum absolute atomic E-state index is 12.3. The molecule has 1 aliphatic carbocycles. The van der Waals surface area contributed by atoms with E-state index in [2.05, 4.69) is 24.3 Å². The van der Waals surface area contributed by atoms with Crippen LogP contribution in [0.25, 0.3) is 0 Å². The minimum atomic E-state index is -3.52. The van der Waals surface area contributed by atoms with Crippen molar-refractivity contribution < 1.29 is 8.42 Å². The summed E-state index contributed by atoms with van der Waals surface area (Å²) in [5, 5.41) is 8.93. The van der Waals surface area contributed by atoms with Crippen LogP contribution in [0.15, 0.2) is 30.3 Å². The summed E-state index contributed by atoms with van der Waals surface area (Å²) >= 11 is 0. The van der Waals surface area contributed by atoms with Crippen LogP contribution in [0, 0.1) is 17.2 Å². The molecule has 1 saturated carbocycles. The Kier molecular flexibility index (Phi) is 6.17. The highest BCUT2D eigenvalue weighted by Crippen LogP contribution is 2.36. The largest absolute Gasteiger partial charge is 0.282 e. The third kappa shape index (κ3) is 4.54. The Morgan fingerprint density at radius 3 is 2.26 bits per heavy atom. The highest BCUT2D eigenvalue weighted by atomic mass is 32.2. The van der Waals surface area contributed by atoms with Crippen LogP contribution in [-0.4, -0.2) is 44.2 Å². The van der Waals surface area contributed by atoms with Crippen molar-refractivity contribution in [2.45, 2.75) is 31.6 Å². The lowest BCUT2D eigenvalue weighted by Gasteiger charge is -2.32. The molecule has 0 amide bonds. The summed E-state index contributed by atoms with van der Waals surface area (Å²) in [5.74, 6) is 0.903. The lowest BCUT2D eigenvalue weighted by molar-refractivity contribution is 0.266. The normalized spacial score (nSPS) is 22.2. The van der Waals surface area contributed by atoms with Gasteiger partial charge in [-0.1, -0.05) is 30.3 Å². The number of nitriles is 1. The first-order chi connectivity index (χ1) is 10.9. The molecule has 0 heterocycles. The molecule has 126 valence electrons. The smallest absolute Gasteiger partial charge is 0.197 e. The van der Waals surface area contributed by atoms with Crippen LogP contribution in [0.4, 0.5) is 0 Å². The van der Waals surface area contributed by atoms with Crippen molar-refractivity contribution in [2.24, 2.45) is 5.92 Å². The van der Waals surface area contributed by atoms with Gasteiger partial charge in [0.05, 0.1) is 6.07 Å². The summed E-state index contributed by atoms with van der Waals surface area (Å²) in [4.78, 5) is 0. The van der Waals surface area contributed by atoms with Crippen molar-refractivity contribution in [3.63, 3.8) is 0 Å². The van der Waals surface area contributed by atoms with Gasteiger partial charge in [-0.3, -0.25) is 0 Å². The molecule has 0 aromatic heterocycles. The SMILES string of the molecule is CN(C)S(=O)(=O)N(CC#N)CC1CCC(c2ccccc2)CC1. The van der Waals surface area contributed by atoms with Gasteiger partial charge >= 0.3 is 0 Å². The van der Waals surface area contributed by atoms with Crippen molar-refractivity contribution in [3.05, 3.63) is 35.9 Å². The van der Waals surface area contributed by atoms with Gasteiger partial charge in [0.2, 0.25) is 0 Å². The molecule has 0 unspecified atom stereocenters. The molecule has 0 aliphatic heterocycles. The fourth-order valence-electron chi connectivity index (χ4n) is 3.24. The molecule has 0 radical (unpaired) electrons. The van der Waals surface area contributed by atoms with E-state index < -0.39 is 10.2 Å². The Bertz CT molecular complexity index is 630. The molecular weight excluding hydrogens is 310 g/mol. The summed E-state index contributed by atoms with van der Waals surface area (Å²) in [7, 11) is -0.510. The Balaban J connectivity index is 1.95. The molecule has 6 heteroatoms. The molecule has 1 aromatic rings. The number of benzene rings is 1. The Hall–Kier alpha value is -1.42. The first kappa shape index (κ1) is 17.9. The molecular formula is C17H25N3O2S. The van der Waals surface area contributed by atoms with Crippen LogP contribution in [0.1, 0.15) is 37.2 Å². The van der Waals surface area contributed by atoms with E-state index in [4.69, 9.17) is 5.26 Å². The molecule has 0 atom stereocenters. The molecule has 23 heavy (non-hydrogen) atoms. The molecule has 1 aromatic carbocycles. The fourth-order valence-corrected chi connectivity index (χ4v) is 4.32. The van der Waals surface area contributed by atoms with E-state index in [1.165, 1.54) is 28.3 Å². The lowest BCUT2D eigenvalue weighted by atomic mass is 9.79. The van der Waals surface area contributed by atoms with Crippen LogP contribution >= 0.6 is 0 Å². The van der Waals surface area contributed by atoms with Gasteiger partial charge in [-0.25, -0.2) is 0 Å². The second-order valence-electron chi connectivity index (χ2n) is 6.37. The molecule has 2 rings (SSSR count). The van der Waals surface area contributed by atoms with E-state index in [9.17, 15) is 8.42 Å². The predicted octanol–water partition coefficient (Wildman–Crippen LogP) is 2.59. The minimum absolute atomic E-state index is 0.0842. The van der Waals surface area contributed by atoms with Crippen molar-refractivity contribution in [3.8, 4) is 6.07 Å². The van der Waals surface area contributed by atoms with Gasteiger partial charge in [0.15, 0.2) is 0 Å². The van der Waals surface area contributed by atoms with Crippen LogP contribution in [0.5, 0.6) is 0 Å². The Morgan fingerprint density at radius 2 is 1.74 bits per heavy atom. The third-order valence-corrected chi connectivity index (χ3v) is 6.47. The van der Waals surface area contributed by atoms with Crippen LogP contribution in [0.3, 0.4) is 0 Å². The fraction of sp³-hybridized carbons (Fsp3) is 0.588. The van der Waals surface area contributed by atoms with Gasteiger partial charge < -0.3 is 0 Å². The van der Waals surface area contributed by atoms with E-state index in [0.717, 1.165) is 25.7 Å². The molecule has 0 bridgehead atoms. The minimum Gasteiger partial charge on any atom is -0.197 e. The second-order valence-corrected chi connectivity index (χ2v) is 8.51. The van der Waals surface area contributed by atoms with E-state index in [0.29, 0.717) is 18.4 Å². The lowest BCUT2D eigenvalue weighted by Crippen LogP contribution is -2.43. The first-order valence-electron chi connectivity index (χ1n) is 8.04. The maximum atomic E-state index is 12.3. The number of nitrogens with zero attached hydrogens (tertiary/aromatic N) is 3. The molecule has 5 nitrogen and oxygen atoms in total. The third-order valence-electron chi connectivity index (χ3n) is 4.61. The quantitative estimate of drug-likeness (QED) is 0.751. The van der Waals surface area contributed by atoms with Gasteiger partial charge in [0, 0.05) is 20.6 Å². The van der Waals surface area contributed by atoms with Crippen LogP contribution < -0.4 is 0 Å². The molecule has 0 spiro atoms. The van der Waals surface area contributed by atoms with Crippen LogP contribution in [-0.2, 0) is 10.2 Å². The molecule has 1 aliphatic rings. The molecule has 0 saturated heterocycles. The molecule has 0 N–H and O–H groups in total. The highest BCUT2D eigenvalue weighted by molar-refractivity contribution is 7.86. The monoisotopic (exact) mass is 335 g/mol. The average molecular weight is 335 g/mol. The number of hydrogen-bond acceptors (Lipinski definition) is 3. The summed E-state index contributed by atoms with van der Waals surface area (Å²) in [6.07, 6.45) is 4.17. The second kappa shape index (κ2) is 7.91. The van der Waals surface area contributed by atoms with E-state index >= 15 is 0 Å². The predicted molar refractivity (Wildman–Crippen MR) is 90.9 cm³/mol. The highest BCUT2D eigenvalue weighted by Gasteiger charge is 2.29. The van der Waals surface area contributed by atoms with Crippen LogP contribution in [0.2, 0.25) is 0 Å². The topological polar surface area (TPSA) is 64.4 Å².